The van der Waals surface area contributed by atoms with Gasteiger partial charge in [-0.05, 0) is 0 Å². The topological polar surface area (TPSA) is 19.9 Å². The molecule has 0 atom stereocenters. The van der Waals surface area contributed by atoms with Crippen LogP contribution in [0.5, 0.6) is 0 Å². The Balaban J connectivity index is 0.000000162. The Hall–Kier alpha value is -0.260. The second kappa shape index (κ2) is 5.74. The van der Waals surface area contributed by atoms with Crippen LogP contribution in [-0.2, 0) is 4.65 Å². The van der Waals surface area contributed by atoms with Crippen molar-refractivity contribution in [2.75, 3.05) is 0 Å². The molecule has 1 heteroatoms. The van der Waals surface area contributed by atoms with Crippen LogP contribution in [0, 0.1) is 6.65 Å². The Morgan fingerprint density at radius 1 is 0.714 bits per heavy atom. The van der Waals surface area contributed by atoms with Crippen LogP contribution in [0.4, 0.5) is 0 Å². The van der Waals surface area contributed by atoms with Gasteiger partial charge in [0.2, 0.25) is 0 Å². The van der Waals surface area contributed by atoms with Crippen molar-refractivity contribution in [3.63, 3.8) is 0 Å². The molecule has 1 rings (SSSR count). The van der Waals surface area contributed by atoms with Crippen molar-refractivity contribution in [1.29, 1.82) is 0 Å². The van der Waals surface area contributed by atoms with Crippen molar-refractivity contribution in [3.05, 3.63) is 6.65 Å². The molecule has 0 spiro atoms. The van der Waals surface area contributed by atoms with Crippen LogP contribution in [0.3, 0.4) is 0 Å². The van der Waals surface area contributed by atoms with Crippen molar-refractivity contribution < 1.29 is 4.65 Å². The third-order valence-corrected chi connectivity index (χ3v) is 1.25. The van der Waals surface area contributed by atoms with E-state index in [2.05, 4.69) is 6.65 Å². The summed E-state index contributed by atoms with van der Waals surface area (Å²) in [6.45, 7) is 4.50. The minimum atomic E-state index is 1.50. The summed E-state index contributed by atoms with van der Waals surface area (Å²) in [4.78, 5) is 0. The third kappa shape index (κ3) is 3.57. The molecule has 1 saturated carbocycles. The maximum absolute atomic E-state index is 7.50. The predicted octanol–water partition coefficient (Wildman–Crippen LogP) is 1.91. The first-order chi connectivity index (χ1) is 3.50. The van der Waals surface area contributed by atoms with Crippen molar-refractivity contribution in [3.8, 4) is 0 Å². The van der Waals surface area contributed by atoms with Crippen molar-refractivity contribution in [2.24, 2.45) is 0 Å². The third-order valence-electron chi connectivity index (χ3n) is 1.25. The van der Waals surface area contributed by atoms with Crippen LogP contribution in [0.1, 0.15) is 32.1 Å². The van der Waals surface area contributed by atoms with E-state index >= 15 is 0 Å². The van der Waals surface area contributed by atoms with E-state index in [0.717, 1.165) is 0 Å². The first-order valence-electron chi connectivity index (χ1n) is 2.70. The predicted molar refractivity (Wildman–Crippen MR) is 27.0 cm³/mol. The molecule has 1 aliphatic rings. The van der Waals surface area contributed by atoms with Crippen LogP contribution < -0.4 is 0 Å². The number of hydrogen-bond donors (Lipinski definition) is 0. The van der Waals surface area contributed by atoms with Gasteiger partial charge in [0.25, 0.3) is 0 Å². The van der Waals surface area contributed by atoms with E-state index in [1.165, 1.54) is 32.1 Å². The first kappa shape index (κ1) is 6.74. The van der Waals surface area contributed by atoms with Gasteiger partial charge in [0.1, 0.15) is 0 Å². The van der Waals surface area contributed by atoms with Gasteiger partial charge >= 0.3 is 11.3 Å². The fourth-order valence-electron chi connectivity index (χ4n) is 0.884. The zero-order chi connectivity index (χ0) is 5.54. The monoisotopic (exact) mass is 98.1 g/mol. The van der Waals surface area contributed by atoms with E-state index in [0.29, 0.717) is 0 Å². The van der Waals surface area contributed by atoms with Gasteiger partial charge in [-0.2, -0.15) is 0 Å². The van der Waals surface area contributed by atoms with Gasteiger partial charge in [-0.3, -0.25) is 0 Å². The molecule has 0 aliphatic heterocycles. The van der Waals surface area contributed by atoms with E-state index in [1.807, 2.05) is 0 Å². The Morgan fingerprint density at radius 2 is 0.857 bits per heavy atom. The normalized spacial score (nSPS) is 17.4. The van der Waals surface area contributed by atoms with Crippen molar-refractivity contribution >= 4 is 0 Å². The summed E-state index contributed by atoms with van der Waals surface area (Å²) in [7, 11) is 0. The van der Waals surface area contributed by atoms with Gasteiger partial charge in [-0.15, -0.1) is 0 Å². The Bertz CT molecular complexity index is 35.8. The summed E-state index contributed by atoms with van der Waals surface area (Å²) in [6.07, 6.45) is 7.50. The molecule has 0 aromatic rings. The van der Waals surface area contributed by atoms with Crippen LogP contribution in [0.25, 0.3) is 0 Å². The van der Waals surface area contributed by atoms with Crippen molar-refractivity contribution in [2.45, 2.75) is 32.1 Å². The number of hydrogen-bond acceptors (Lipinski definition) is 0. The van der Waals surface area contributed by atoms with Gasteiger partial charge < -0.3 is 0 Å². The van der Waals surface area contributed by atoms with E-state index in [-0.39, 0.29) is 0 Å². The fraction of sp³-hybridized carbons (Fsp3) is 0.833. The Labute approximate surface area is 44.4 Å². The summed E-state index contributed by atoms with van der Waals surface area (Å²) in [5.41, 5.74) is 0. The molecule has 0 aromatic carbocycles. The van der Waals surface area contributed by atoms with E-state index < -0.39 is 0 Å². The van der Waals surface area contributed by atoms with Gasteiger partial charge in [0, 0.05) is 0 Å². The summed E-state index contributed by atoms with van der Waals surface area (Å²) in [5.74, 6) is 0. The first-order valence-corrected chi connectivity index (χ1v) is 2.70. The second-order valence-corrected chi connectivity index (χ2v) is 1.77. The van der Waals surface area contributed by atoms with Gasteiger partial charge in [0.15, 0.2) is 0 Å². The summed E-state index contributed by atoms with van der Waals surface area (Å²) >= 11 is 0. The van der Waals surface area contributed by atoms with E-state index in [9.17, 15) is 0 Å². The van der Waals surface area contributed by atoms with Crippen LogP contribution in [0.2, 0.25) is 0 Å². The molecule has 1 fully saturated rings. The Morgan fingerprint density at radius 3 is 1.00 bits per heavy atom. The molecule has 0 amide bonds. The van der Waals surface area contributed by atoms with Gasteiger partial charge in [-0.1, -0.05) is 32.1 Å². The Kier molecular flexibility index (Phi) is 5.53. The molecule has 0 N–H and O–H groups in total. The molecule has 0 saturated heterocycles. The quantitative estimate of drug-likeness (QED) is 0.326. The molecule has 0 unspecified atom stereocenters. The average molecular weight is 98.1 g/mol. The molecule has 0 heterocycles. The molecule has 1 nitrogen and oxygen atoms in total. The van der Waals surface area contributed by atoms with Crippen LogP contribution in [-0.4, -0.2) is 0 Å². The van der Waals surface area contributed by atoms with Gasteiger partial charge in [-0.25, -0.2) is 0 Å². The molecule has 0 bridgehead atoms. The molecule has 1 aliphatic carbocycles. The number of rotatable bonds is 0. The zero-order valence-corrected chi connectivity index (χ0v) is 4.44. The second-order valence-electron chi connectivity index (χ2n) is 1.77. The standard InChI is InChI=1S/C5H10.CO/c1-2-4-5-3-1;1-2/h1-5H2;. The molecule has 0 radical (unpaired) electrons. The van der Waals surface area contributed by atoms with Crippen LogP contribution in [0.15, 0.2) is 0 Å². The van der Waals surface area contributed by atoms with Crippen molar-refractivity contribution in [1.82, 2.24) is 0 Å². The van der Waals surface area contributed by atoms with E-state index in [1.54, 1.807) is 0 Å². The molecule has 7 heavy (non-hydrogen) atoms. The fourth-order valence-corrected chi connectivity index (χ4v) is 0.884. The van der Waals surface area contributed by atoms with Gasteiger partial charge in [0.05, 0.1) is 0 Å². The minimum absolute atomic E-state index is 1.50. The van der Waals surface area contributed by atoms with E-state index in [4.69, 9.17) is 4.65 Å². The average Bonchev–Trinajstić information content (AvgIpc) is 2.23. The molecule has 40 valence electrons. The molecule has 0 aromatic heterocycles. The summed E-state index contributed by atoms with van der Waals surface area (Å²) in [5, 5.41) is 0. The maximum atomic E-state index is 7.50. The van der Waals surface area contributed by atoms with Crippen LogP contribution >= 0.6 is 0 Å². The summed E-state index contributed by atoms with van der Waals surface area (Å²) < 4.78 is 7.50. The SMILES string of the molecule is C1CCCC1.[C-]#[O+]. The summed E-state index contributed by atoms with van der Waals surface area (Å²) in [6, 6.07) is 0. The zero-order valence-electron chi connectivity index (χ0n) is 4.44. The molecular formula is C6H10O. The molecular weight excluding hydrogens is 88.1 g/mol.